The molecule has 0 fully saturated rings. The first-order valence-corrected chi connectivity index (χ1v) is 11.9. The van der Waals surface area contributed by atoms with Crippen molar-refractivity contribution in [1.29, 1.82) is 0 Å². The van der Waals surface area contributed by atoms with Crippen LogP contribution in [0.3, 0.4) is 0 Å². The van der Waals surface area contributed by atoms with Crippen molar-refractivity contribution in [3.63, 3.8) is 0 Å². The highest BCUT2D eigenvalue weighted by Gasteiger charge is 2.21. The van der Waals surface area contributed by atoms with Crippen molar-refractivity contribution in [2.45, 2.75) is 52.1 Å². The third-order valence-corrected chi connectivity index (χ3v) is 5.84. The number of para-hydroxylation sites is 1. The van der Waals surface area contributed by atoms with E-state index in [0.717, 1.165) is 51.3 Å². The van der Waals surface area contributed by atoms with Gasteiger partial charge in [0.2, 0.25) is 0 Å². The molecule has 1 aromatic heterocycles. The highest BCUT2D eigenvalue weighted by molar-refractivity contribution is 5.84. The van der Waals surface area contributed by atoms with Crippen LogP contribution in [0.25, 0.3) is 10.9 Å². The molecule has 0 amide bonds. The minimum atomic E-state index is 0.514. The molecule has 2 aromatic carbocycles. The van der Waals surface area contributed by atoms with E-state index >= 15 is 0 Å². The van der Waals surface area contributed by atoms with Crippen molar-refractivity contribution in [3.8, 4) is 0 Å². The molecule has 31 heavy (non-hydrogen) atoms. The number of hydrogen-bond acceptors (Lipinski definition) is 4. The predicted molar refractivity (Wildman–Crippen MR) is 134 cm³/mol. The van der Waals surface area contributed by atoms with Crippen LogP contribution in [0.2, 0.25) is 0 Å². The Hall–Kier alpha value is -2.34. The highest BCUT2D eigenvalue weighted by atomic mass is 15.0. The topological polar surface area (TPSA) is 77.9 Å². The number of hydrogen-bond donors (Lipinski definition) is 5. The van der Waals surface area contributed by atoms with Crippen molar-refractivity contribution in [2.24, 2.45) is 0 Å². The fourth-order valence-electron chi connectivity index (χ4n) is 4.17. The van der Waals surface area contributed by atoms with Gasteiger partial charge in [0.15, 0.2) is 0 Å². The standard InChI is InChI=1S/C24H33N5.C2H6/c25-19-9-7-18(8-10-19)11-14-26-12-3-4-13-27-16-20-15-22-21-5-1-2-6-23(21)29-24(22)17-28-20;1-2/h1-2,5-10,20,26-29H,3-4,11-17,25H2;1-2H3. The molecule has 4 rings (SSSR count). The van der Waals surface area contributed by atoms with Crippen LogP contribution in [0, 0.1) is 0 Å². The number of rotatable bonds is 10. The Labute approximate surface area is 187 Å². The lowest BCUT2D eigenvalue weighted by atomic mass is 9.98. The molecular weight excluding hydrogens is 382 g/mol. The number of benzene rings is 2. The Morgan fingerprint density at radius 1 is 0.935 bits per heavy atom. The second-order valence-corrected chi connectivity index (χ2v) is 8.06. The van der Waals surface area contributed by atoms with Crippen molar-refractivity contribution < 1.29 is 0 Å². The number of anilines is 1. The molecule has 5 nitrogen and oxygen atoms in total. The predicted octanol–water partition coefficient (Wildman–Crippen LogP) is 3.99. The van der Waals surface area contributed by atoms with Gasteiger partial charge in [-0.05, 0) is 74.6 Å². The first-order chi connectivity index (χ1) is 15.3. The molecule has 3 aromatic rings. The van der Waals surface area contributed by atoms with Crippen LogP contribution in [0.4, 0.5) is 5.69 Å². The van der Waals surface area contributed by atoms with Gasteiger partial charge >= 0.3 is 0 Å². The minimum Gasteiger partial charge on any atom is -0.399 e. The number of aromatic nitrogens is 1. The van der Waals surface area contributed by atoms with E-state index in [0.29, 0.717) is 6.04 Å². The summed E-state index contributed by atoms with van der Waals surface area (Å²) in [7, 11) is 0. The minimum absolute atomic E-state index is 0.514. The molecule has 1 aliphatic rings. The first-order valence-electron chi connectivity index (χ1n) is 11.9. The van der Waals surface area contributed by atoms with Crippen molar-refractivity contribution in [1.82, 2.24) is 20.9 Å². The molecule has 1 atom stereocenters. The molecule has 5 heteroatoms. The molecule has 6 N–H and O–H groups in total. The lowest BCUT2D eigenvalue weighted by Crippen LogP contribution is -2.43. The van der Waals surface area contributed by atoms with Gasteiger partial charge in [-0.25, -0.2) is 0 Å². The quantitative estimate of drug-likeness (QED) is 0.253. The van der Waals surface area contributed by atoms with Crippen LogP contribution in [0.1, 0.15) is 43.5 Å². The van der Waals surface area contributed by atoms with E-state index in [2.05, 4.69) is 57.3 Å². The van der Waals surface area contributed by atoms with Crippen LogP contribution in [-0.4, -0.2) is 37.2 Å². The molecule has 0 bridgehead atoms. The van der Waals surface area contributed by atoms with E-state index in [1.807, 2.05) is 26.0 Å². The molecule has 2 heterocycles. The number of H-pyrrole nitrogens is 1. The molecule has 0 aliphatic carbocycles. The van der Waals surface area contributed by atoms with Crippen LogP contribution in [0.15, 0.2) is 48.5 Å². The zero-order chi connectivity index (χ0) is 21.9. The van der Waals surface area contributed by atoms with Gasteiger partial charge in [0.1, 0.15) is 0 Å². The summed E-state index contributed by atoms with van der Waals surface area (Å²) in [6.45, 7) is 9.16. The number of fused-ring (bicyclic) bond motifs is 3. The molecule has 0 spiro atoms. The zero-order valence-corrected chi connectivity index (χ0v) is 19.1. The van der Waals surface area contributed by atoms with Gasteiger partial charge in [-0.3, -0.25) is 0 Å². The fraction of sp³-hybridized carbons (Fsp3) is 0.462. The van der Waals surface area contributed by atoms with Crippen molar-refractivity contribution in [3.05, 3.63) is 65.4 Å². The maximum atomic E-state index is 5.72. The van der Waals surface area contributed by atoms with Crippen molar-refractivity contribution >= 4 is 16.6 Å². The van der Waals surface area contributed by atoms with E-state index in [-0.39, 0.29) is 0 Å². The van der Waals surface area contributed by atoms with E-state index in [9.17, 15) is 0 Å². The van der Waals surface area contributed by atoms with E-state index in [4.69, 9.17) is 5.73 Å². The summed E-state index contributed by atoms with van der Waals surface area (Å²) in [5.74, 6) is 0. The Balaban J connectivity index is 0.00000132. The van der Waals surface area contributed by atoms with Gasteiger partial charge in [0, 0.05) is 41.4 Å². The Kier molecular flexibility index (Phi) is 9.40. The highest BCUT2D eigenvalue weighted by Crippen LogP contribution is 2.26. The second kappa shape index (κ2) is 12.5. The average molecular weight is 422 g/mol. The largest absolute Gasteiger partial charge is 0.399 e. The molecule has 0 saturated heterocycles. The summed E-state index contributed by atoms with van der Waals surface area (Å²) in [6, 6.07) is 17.3. The monoisotopic (exact) mass is 421 g/mol. The van der Waals surface area contributed by atoms with Gasteiger partial charge < -0.3 is 26.7 Å². The first kappa shape index (κ1) is 23.3. The van der Waals surface area contributed by atoms with Gasteiger partial charge in [0.05, 0.1) is 0 Å². The van der Waals surface area contributed by atoms with Crippen LogP contribution >= 0.6 is 0 Å². The summed E-state index contributed by atoms with van der Waals surface area (Å²) in [4.78, 5) is 3.55. The van der Waals surface area contributed by atoms with Gasteiger partial charge in [-0.1, -0.05) is 44.2 Å². The normalized spacial score (nSPS) is 15.4. The molecule has 1 aliphatic heterocycles. The number of nitrogen functional groups attached to an aromatic ring is 1. The lowest BCUT2D eigenvalue weighted by molar-refractivity contribution is 0.442. The summed E-state index contributed by atoms with van der Waals surface area (Å²) in [6.07, 6.45) is 4.57. The van der Waals surface area contributed by atoms with Gasteiger partial charge in [-0.15, -0.1) is 0 Å². The van der Waals surface area contributed by atoms with Crippen LogP contribution in [0.5, 0.6) is 0 Å². The zero-order valence-electron chi connectivity index (χ0n) is 19.1. The summed E-state index contributed by atoms with van der Waals surface area (Å²) in [5.41, 5.74) is 12.0. The second-order valence-electron chi connectivity index (χ2n) is 8.06. The number of aromatic amines is 1. The van der Waals surface area contributed by atoms with E-state index in [1.54, 1.807) is 0 Å². The van der Waals surface area contributed by atoms with Crippen LogP contribution in [-0.2, 0) is 19.4 Å². The maximum absolute atomic E-state index is 5.72. The number of nitrogens with two attached hydrogens (primary N) is 1. The Morgan fingerprint density at radius 3 is 2.48 bits per heavy atom. The fourth-order valence-corrected chi connectivity index (χ4v) is 4.17. The van der Waals surface area contributed by atoms with E-state index in [1.165, 1.54) is 40.6 Å². The van der Waals surface area contributed by atoms with Gasteiger partial charge in [0.25, 0.3) is 0 Å². The maximum Gasteiger partial charge on any atom is 0.0459 e. The number of nitrogens with one attached hydrogen (secondary N) is 4. The molecular formula is C26H39N5. The van der Waals surface area contributed by atoms with Crippen molar-refractivity contribution in [2.75, 3.05) is 31.9 Å². The third-order valence-electron chi connectivity index (χ3n) is 5.84. The molecule has 1 unspecified atom stereocenters. The SMILES string of the molecule is CC.Nc1ccc(CCNCCCCNCC2Cc3c([nH]c4ccccc34)CN2)cc1. The molecule has 168 valence electrons. The third kappa shape index (κ3) is 6.82. The summed E-state index contributed by atoms with van der Waals surface area (Å²) >= 11 is 0. The molecule has 0 radical (unpaired) electrons. The lowest BCUT2D eigenvalue weighted by Gasteiger charge is -2.24. The van der Waals surface area contributed by atoms with Crippen LogP contribution < -0.4 is 21.7 Å². The van der Waals surface area contributed by atoms with E-state index < -0.39 is 0 Å². The Morgan fingerprint density at radius 2 is 1.68 bits per heavy atom. The van der Waals surface area contributed by atoms with Gasteiger partial charge in [-0.2, -0.15) is 0 Å². The average Bonchev–Trinajstić information content (AvgIpc) is 3.18. The Bertz CT molecular complexity index is 900. The summed E-state index contributed by atoms with van der Waals surface area (Å²) < 4.78 is 0. The summed E-state index contributed by atoms with van der Waals surface area (Å²) in [5, 5.41) is 12.2. The smallest absolute Gasteiger partial charge is 0.0459 e. The molecule has 0 saturated carbocycles. The number of unbranched alkanes of at least 4 members (excludes halogenated alkanes) is 1.